The standard InChI is InChI=1S/C10H11BrN2O3/c11-8-4-9(13(15)16)10(12)7-3-5(14)1-2-6(7)8/h4-5,14H,1-3,12H2. The van der Waals surface area contributed by atoms with Crippen LogP contribution in [-0.2, 0) is 12.8 Å². The second kappa shape index (κ2) is 4.03. The number of nitro groups is 1. The maximum atomic E-state index is 10.8. The van der Waals surface area contributed by atoms with E-state index in [1.807, 2.05) is 0 Å². The van der Waals surface area contributed by atoms with E-state index in [2.05, 4.69) is 15.9 Å². The molecule has 2 rings (SSSR count). The van der Waals surface area contributed by atoms with Gasteiger partial charge in [-0.15, -0.1) is 0 Å². The Morgan fingerprint density at radius 1 is 1.56 bits per heavy atom. The molecular formula is C10H11BrN2O3. The summed E-state index contributed by atoms with van der Waals surface area (Å²) in [5, 5.41) is 20.3. The molecule has 0 bridgehead atoms. The van der Waals surface area contributed by atoms with Crippen LogP contribution in [0.1, 0.15) is 17.5 Å². The number of aliphatic hydroxyl groups excluding tert-OH is 1. The van der Waals surface area contributed by atoms with E-state index in [1.54, 1.807) is 0 Å². The number of nitrogens with two attached hydrogens (primary N) is 1. The summed E-state index contributed by atoms with van der Waals surface area (Å²) in [4.78, 5) is 10.3. The van der Waals surface area contributed by atoms with Crippen molar-refractivity contribution in [3.63, 3.8) is 0 Å². The van der Waals surface area contributed by atoms with Crippen molar-refractivity contribution in [3.05, 3.63) is 31.8 Å². The maximum Gasteiger partial charge on any atom is 0.293 e. The molecule has 86 valence electrons. The molecule has 3 N–H and O–H groups in total. The van der Waals surface area contributed by atoms with Crippen molar-refractivity contribution in [2.75, 3.05) is 5.73 Å². The van der Waals surface area contributed by atoms with Crippen LogP contribution in [-0.4, -0.2) is 16.1 Å². The van der Waals surface area contributed by atoms with Crippen molar-refractivity contribution < 1.29 is 10.0 Å². The van der Waals surface area contributed by atoms with Crippen LogP contribution in [0.5, 0.6) is 0 Å². The summed E-state index contributed by atoms with van der Waals surface area (Å²) in [6.07, 6.45) is 1.30. The average Bonchev–Trinajstić information content (AvgIpc) is 2.22. The number of hydrogen-bond acceptors (Lipinski definition) is 4. The summed E-state index contributed by atoms with van der Waals surface area (Å²) in [5.74, 6) is 0. The van der Waals surface area contributed by atoms with E-state index < -0.39 is 11.0 Å². The van der Waals surface area contributed by atoms with Gasteiger partial charge in [-0.3, -0.25) is 10.1 Å². The van der Waals surface area contributed by atoms with E-state index in [9.17, 15) is 15.2 Å². The lowest BCUT2D eigenvalue weighted by Gasteiger charge is -2.23. The lowest BCUT2D eigenvalue weighted by molar-refractivity contribution is -0.384. The first kappa shape index (κ1) is 11.3. The first-order valence-corrected chi connectivity index (χ1v) is 5.72. The molecule has 5 nitrogen and oxygen atoms in total. The normalized spacial score (nSPS) is 19.2. The highest BCUT2D eigenvalue weighted by Crippen LogP contribution is 2.38. The van der Waals surface area contributed by atoms with Crippen molar-refractivity contribution in [1.82, 2.24) is 0 Å². The second-order valence-electron chi connectivity index (χ2n) is 3.90. The predicted molar refractivity (Wildman–Crippen MR) is 63.2 cm³/mol. The van der Waals surface area contributed by atoms with Gasteiger partial charge in [0.1, 0.15) is 5.69 Å². The van der Waals surface area contributed by atoms with Crippen molar-refractivity contribution in [1.29, 1.82) is 0 Å². The molecule has 0 spiro atoms. The molecule has 1 aliphatic carbocycles. The van der Waals surface area contributed by atoms with Gasteiger partial charge in [-0.25, -0.2) is 0 Å². The van der Waals surface area contributed by atoms with Gasteiger partial charge in [-0.2, -0.15) is 0 Å². The molecule has 1 aliphatic rings. The number of fused-ring (bicyclic) bond motifs is 1. The largest absolute Gasteiger partial charge is 0.393 e. The Morgan fingerprint density at radius 2 is 2.25 bits per heavy atom. The van der Waals surface area contributed by atoms with Gasteiger partial charge in [-0.05, 0) is 24.0 Å². The fourth-order valence-electron chi connectivity index (χ4n) is 2.05. The number of nitrogen functional groups attached to an aromatic ring is 1. The molecule has 1 aromatic rings. The van der Waals surface area contributed by atoms with Crippen molar-refractivity contribution in [2.45, 2.75) is 25.4 Å². The van der Waals surface area contributed by atoms with E-state index in [0.29, 0.717) is 29.3 Å². The van der Waals surface area contributed by atoms with Gasteiger partial charge in [0.15, 0.2) is 0 Å². The molecule has 6 heteroatoms. The monoisotopic (exact) mass is 286 g/mol. The van der Waals surface area contributed by atoms with Gasteiger partial charge in [0.25, 0.3) is 5.69 Å². The molecule has 16 heavy (non-hydrogen) atoms. The highest BCUT2D eigenvalue weighted by Gasteiger charge is 2.26. The van der Waals surface area contributed by atoms with Gasteiger partial charge in [0.05, 0.1) is 11.0 Å². The molecule has 0 radical (unpaired) electrons. The van der Waals surface area contributed by atoms with Crippen LogP contribution in [0, 0.1) is 10.1 Å². The van der Waals surface area contributed by atoms with E-state index >= 15 is 0 Å². The van der Waals surface area contributed by atoms with E-state index in [4.69, 9.17) is 5.73 Å². The van der Waals surface area contributed by atoms with E-state index in [0.717, 1.165) is 5.56 Å². The first-order chi connectivity index (χ1) is 7.50. The Morgan fingerprint density at radius 3 is 2.88 bits per heavy atom. The minimum absolute atomic E-state index is 0.0975. The number of hydrogen-bond donors (Lipinski definition) is 2. The summed E-state index contributed by atoms with van der Waals surface area (Å²) in [7, 11) is 0. The molecule has 1 unspecified atom stereocenters. The summed E-state index contributed by atoms with van der Waals surface area (Å²) < 4.78 is 0.704. The van der Waals surface area contributed by atoms with Crippen LogP contribution in [0.2, 0.25) is 0 Å². The van der Waals surface area contributed by atoms with Crippen molar-refractivity contribution in [3.8, 4) is 0 Å². The van der Waals surface area contributed by atoms with Gasteiger partial charge in [0, 0.05) is 17.0 Å². The smallest absolute Gasteiger partial charge is 0.293 e. The third kappa shape index (κ3) is 1.78. The molecule has 0 saturated carbocycles. The Labute approximate surface area is 101 Å². The number of aliphatic hydroxyl groups is 1. The van der Waals surface area contributed by atoms with E-state index in [1.165, 1.54) is 6.07 Å². The molecule has 0 aromatic heterocycles. The second-order valence-corrected chi connectivity index (χ2v) is 4.76. The summed E-state index contributed by atoms with van der Waals surface area (Å²) >= 11 is 3.31. The van der Waals surface area contributed by atoms with Crippen LogP contribution in [0.15, 0.2) is 10.5 Å². The highest BCUT2D eigenvalue weighted by atomic mass is 79.9. The SMILES string of the molecule is Nc1c([N+](=O)[O-])cc(Br)c2c1CC(O)CC2. The number of nitrogens with zero attached hydrogens (tertiary/aromatic N) is 1. The molecule has 1 atom stereocenters. The minimum Gasteiger partial charge on any atom is -0.393 e. The van der Waals surface area contributed by atoms with Crippen LogP contribution in [0.4, 0.5) is 11.4 Å². The fraction of sp³-hybridized carbons (Fsp3) is 0.400. The molecule has 0 fully saturated rings. The molecule has 0 amide bonds. The Balaban J connectivity index is 2.61. The Bertz CT molecular complexity index is 462. The topological polar surface area (TPSA) is 89.4 Å². The summed E-state index contributed by atoms with van der Waals surface area (Å²) in [6, 6.07) is 1.44. The number of rotatable bonds is 1. The maximum absolute atomic E-state index is 10.8. The quantitative estimate of drug-likeness (QED) is 0.468. The van der Waals surface area contributed by atoms with Crippen LogP contribution >= 0.6 is 15.9 Å². The third-order valence-corrected chi connectivity index (χ3v) is 3.59. The van der Waals surface area contributed by atoms with Crippen LogP contribution in [0.3, 0.4) is 0 Å². The van der Waals surface area contributed by atoms with Gasteiger partial charge in [-0.1, -0.05) is 15.9 Å². The molecule has 1 aromatic carbocycles. The number of anilines is 1. The number of nitro benzene ring substituents is 1. The minimum atomic E-state index is -0.499. The van der Waals surface area contributed by atoms with Crippen LogP contribution < -0.4 is 5.73 Å². The van der Waals surface area contributed by atoms with E-state index in [-0.39, 0.29) is 11.4 Å². The Hall–Kier alpha value is -1.14. The van der Waals surface area contributed by atoms with Gasteiger partial charge in [0.2, 0.25) is 0 Å². The van der Waals surface area contributed by atoms with Crippen molar-refractivity contribution >= 4 is 27.3 Å². The number of halogens is 1. The van der Waals surface area contributed by atoms with Gasteiger partial charge < -0.3 is 10.8 Å². The van der Waals surface area contributed by atoms with Crippen molar-refractivity contribution in [2.24, 2.45) is 0 Å². The zero-order chi connectivity index (χ0) is 11.9. The molecule has 0 heterocycles. The molecular weight excluding hydrogens is 276 g/mol. The summed E-state index contributed by atoms with van der Waals surface area (Å²) in [5.41, 5.74) is 7.54. The summed E-state index contributed by atoms with van der Waals surface area (Å²) in [6.45, 7) is 0. The highest BCUT2D eigenvalue weighted by molar-refractivity contribution is 9.10. The molecule has 0 saturated heterocycles. The first-order valence-electron chi connectivity index (χ1n) is 4.93. The average molecular weight is 287 g/mol. The lowest BCUT2D eigenvalue weighted by Crippen LogP contribution is -2.21. The third-order valence-electron chi connectivity index (χ3n) is 2.88. The fourth-order valence-corrected chi connectivity index (χ4v) is 2.70. The predicted octanol–water partition coefficient (Wildman–Crippen LogP) is 1.79. The van der Waals surface area contributed by atoms with Crippen LogP contribution in [0.25, 0.3) is 0 Å². The number of benzene rings is 1. The van der Waals surface area contributed by atoms with Gasteiger partial charge >= 0.3 is 0 Å². The Kier molecular flexibility index (Phi) is 2.86. The zero-order valence-electron chi connectivity index (χ0n) is 8.44. The zero-order valence-corrected chi connectivity index (χ0v) is 10.0. The lowest BCUT2D eigenvalue weighted by atomic mass is 9.88. The molecule has 0 aliphatic heterocycles.